The predicted octanol–water partition coefficient (Wildman–Crippen LogP) is 5.81. The summed E-state index contributed by atoms with van der Waals surface area (Å²) in [4.78, 5) is 28.4. The minimum absolute atomic E-state index is 0.672. The van der Waals surface area contributed by atoms with E-state index in [1.54, 1.807) is 12.4 Å². The fourth-order valence-electron chi connectivity index (χ4n) is 4.06. The average molecular weight is 400 g/mol. The Bertz CT molecular complexity index is 1510. The fraction of sp³-hybridized carbons (Fsp3) is 0. The van der Waals surface area contributed by atoms with Gasteiger partial charge in [-0.3, -0.25) is 14.8 Å². The molecule has 146 valence electrons. The molecule has 0 aliphatic carbocycles. The van der Waals surface area contributed by atoms with E-state index in [1.807, 2.05) is 48.5 Å². The number of aromatic amines is 1. The van der Waals surface area contributed by atoms with Crippen molar-refractivity contribution < 1.29 is 4.79 Å². The number of imidazole rings is 1. The lowest BCUT2D eigenvalue weighted by atomic mass is 10.0. The summed E-state index contributed by atoms with van der Waals surface area (Å²) in [6.45, 7) is 0. The van der Waals surface area contributed by atoms with Crippen molar-refractivity contribution in [2.45, 2.75) is 0 Å². The topological polar surface area (TPSA) is 71.5 Å². The number of rotatable bonds is 3. The van der Waals surface area contributed by atoms with E-state index in [0.29, 0.717) is 5.56 Å². The molecule has 5 nitrogen and oxygen atoms in total. The maximum absolute atomic E-state index is 10.9. The maximum Gasteiger partial charge on any atom is 0.150 e. The van der Waals surface area contributed by atoms with Gasteiger partial charge in [0, 0.05) is 34.3 Å². The quantitative estimate of drug-likeness (QED) is 0.301. The Morgan fingerprint density at radius 3 is 1.90 bits per heavy atom. The number of carbonyl (C=O) groups is 1. The molecule has 0 amide bonds. The molecule has 5 heteroatoms. The highest BCUT2D eigenvalue weighted by Crippen LogP contribution is 2.33. The number of H-pyrrole nitrogens is 1. The van der Waals surface area contributed by atoms with Crippen LogP contribution in [0.1, 0.15) is 10.4 Å². The van der Waals surface area contributed by atoms with Gasteiger partial charge in [0.15, 0.2) is 0 Å². The van der Waals surface area contributed by atoms with Crippen LogP contribution in [-0.2, 0) is 0 Å². The first-order valence-corrected chi connectivity index (χ1v) is 9.99. The molecule has 0 spiro atoms. The third kappa shape index (κ3) is 2.79. The molecule has 0 radical (unpaired) electrons. The van der Waals surface area contributed by atoms with Crippen molar-refractivity contribution in [2.24, 2.45) is 0 Å². The Morgan fingerprint density at radius 1 is 0.645 bits per heavy atom. The minimum Gasteiger partial charge on any atom is -0.337 e. The molecule has 6 rings (SSSR count). The van der Waals surface area contributed by atoms with E-state index in [2.05, 4.69) is 39.2 Å². The van der Waals surface area contributed by atoms with Gasteiger partial charge < -0.3 is 4.98 Å². The fourth-order valence-corrected chi connectivity index (χ4v) is 4.06. The van der Waals surface area contributed by atoms with Crippen LogP contribution in [-0.4, -0.2) is 26.2 Å². The lowest BCUT2D eigenvalue weighted by Gasteiger charge is -2.03. The maximum atomic E-state index is 10.9. The molecule has 31 heavy (non-hydrogen) atoms. The first-order chi connectivity index (χ1) is 15.3. The van der Waals surface area contributed by atoms with Crippen LogP contribution in [0.3, 0.4) is 0 Å². The first-order valence-electron chi connectivity index (χ1n) is 9.99. The van der Waals surface area contributed by atoms with Crippen molar-refractivity contribution in [3.63, 3.8) is 0 Å². The minimum atomic E-state index is 0.672. The molecule has 0 bridgehead atoms. The van der Waals surface area contributed by atoms with Gasteiger partial charge in [0.05, 0.1) is 22.1 Å². The third-order valence-corrected chi connectivity index (χ3v) is 5.61. The van der Waals surface area contributed by atoms with Crippen LogP contribution in [0.4, 0.5) is 0 Å². The molecule has 0 unspecified atom stereocenters. The van der Waals surface area contributed by atoms with E-state index in [-0.39, 0.29) is 0 Å². The molecule has 0 atom stereocenters. The summed E-state index contributed by atoms with van der Waals surface area (Å²) >= 11 is 0. The zero-order valence-electron chi connectivity index (χ0n) is 16.4. The Morgan fingerprint density at radius 2 is 1.23 bits per heavy atom. The molecular formula is C26H16N4O. The van der Waals surface area contributed by atoms with E-state index in [1.165, 1.54) is 0 Å². The van der Waals surface area contributed by atoms with Gasteiger partial charge in [0.25, 0.3) is 0 Å². The molecule has 3 aromatic heterocycles. The van der Waals surface area contributed by atoms with Gasteiger partial charge in [-0.05, 0) is 35.4 Å². The number of hydrogen-bond donors (Lipinski definition) is 1. The summed E-state index contributed by atoms with van der Waals surface area (Å²) in [5.41, 5.74) is 7.41. The summed E-state index contributed by atoms with van der Waals surface area (Å²) in [7, 11) is 0. The van der Waals surface area contributed by atoms with Crippen LogP contribution in [0, 0.1) is 0 Å². The van der Waals surface area contributed by atoms with Crippen LogP contribution in [0.5, 0.6) is 0 Å². The molecule has 1 N–H and O–H groups in total. The number of aromatic nitrogens is 4. The van der Waals surface area contributed by atoms with Crippen LogP contribution >= 0.6 is 0 Å². The Balaban J connectivity index is 1.49. The van der Waals surface area contributed by atoms with Crippen LogP contribution in [0.2, 0.25) is 0 Å². The second kappa shape index (κ2) is 6.85. The number of hydrogen-bond acceptors (Lipinski definition) is 4. The number of aldehydes is 1. The van der Waals surface area contributed by atoms with Crippen molar-refractivity contribution in [1.29, 1.82) is 0 Å². The number of pyridine rings is 2. The average Bonchev–Trinajstić information content (AvgIpc) is 3.30. The third-order valence-electron chi connectivity index (χ3n) is 5.61. The van der Waals surface area contributed by atoms with Gasteiger partial charge in [-0.15, -0.1) is 0 Å². The molecule has 0 aliphatic rings. The zero-order chi connectivity index (χ0) is 20.8. The summed E-state index contributed by atoms with van der Waals surface area (Å²) in [5, 5.41) is 1.99. The second-order valence-electron chi connectivity index (χ2n) is 7.43. The van der Waals surface area contributed by atoms with E-state index >= 15 is 0 Å². The Labute approximate surface area is 177 Å². The number of nitrogens with one attached hydrogen (secondary N) is 1. The van der Waals surface area contributed by atoms with Gasteiger partial charge in [-0.2, -0.15) is 0 Å². The van der Waals surface area contributed by atoms with E-state index in [9.17, 15) is 4.79 Å². The summed E-state index contributed by atoms with van der Waals surface area (Å²) < 4.78 is 0. The normalized spacial score (nSPS) is 11.4. The summed E-state index contributed by atoms with van der Waals surface area (Å²) in [5.74, 6) is 0.805. The van der Waals surface area contributed by atoms with Crippen LogP contribution < -0.4 is 0 Å². The lowest BCUT2D eigenvalue weighted by molar-refractivity contribution is 0.112. The predicted molar refractivity (Wildman–Crippen MR) is 123 cm³/mol. The highest BCUT2D eigenvalue weighted by atomic mass is 16.1. The number of fused-ring (bicyclic) bond motifs is 6. The van der Waals surface area contributed by atoms with Crippen molar-refractivity contribution in [2.75, 3.05) is 0 Å². The summed E-state index contributed by atoms with van der Waals surface area (Å²) in [6.07, 6.45) is 4.43. The van der Waals surface area contributed by atoms with Crippen molar-refractivity contribution in [3.8, 4) is 22.5 Å². The van der Waals surface area contributed by atoms with E-state index in [4.69, 9.17) is 4.98 Å². The number of carbonyl (C=O) groups excluding carboxylic acids is 1. The van der Waals surface area contributed by atoms with Gasteiger partial charge in [-0.25, -0.2) is 4.98 Å². The highest BCUT2D eigenvalue weighted by molar-refractivity contribution is 6.21. The molecular weight excluding hydrogens is 384 g/mol. The molecule has 3 heterocycles. The van der Waals surface area contributed by atoms with Gasteiger partial charge >= 0.3 is 0 Å². The van der Waals surface area contributed by atoms with Gasteiger partial charge in [0.1, 0.15) is 12.1 Å². The van der Waals surface area contributed by atoms with E-state index < -0.39 is 0 Å². The first kappa shape index (κ1) is 17.5. The molecule has 0 saturated heterocycles. The number of benzene rings is 3. The largest absolute Gasteiger partial charge is 0.337 e. The molecule has 0 saturated carbocycles. The second-order valence-corrected chi connectivity index (χ2v) is 7.43. The smallest absolute Gasteiger partial charge is 0.150 e. The van der Waals surface area contributed by atoms with Crippen molar-refractivity contribution in [1.82, 2.24) is 19.9 Å². The van der Waals surface area contributed by atoms with Crippen molar-refractivity contribution >= 4 is 39.1 Å². The molecule has 6 aromatic rings. The molecule has 3 aromatic carbocycles. The van der Waals surface area contributed by atoms with E-state index in [0.717, 1.165) is 61.6 Å². The molecule has 0 fully saturated rings. The zero-order valence-corrected chi connectivity index (χ0v) is 16.4. The Kier molecular flexibility index (Phi) is 3.86. The number of nitrogens with zero attached hydrogens (tertiary/aromatic N) is 3. The molecule has 0 aliphatic heterocycles. The van der Waals surface area contributed by atoms with Crippen molar-refractivity contribution in [3.05, 3.63) is 90.8 Å². The van der Waals surface area contributed by atoms with Crippen LogP contribution in [0.25, 0.3) is 55.4 Å². The monoisotopic (exact) mass is 400 g/mol. The van der Waals surface area contributed by atoms with Gasteiger partial charge in [0.2, 0.25) is 0 Å². The summed E-state index contributed by atoms with van der Waals surface area (Å²) in [6, 6.07) is 23.8. The highest BCUT2D eigenvalue weighted by Gasteiger charge is 2.15. The lowest BCUT2D eigenvalue weighted by Crippen LogP contribution is -1.86. The Hall–Kier alpha value is -4.38. The van der Waals surface area contributed by atoms with Crippen LogP contribution in [0.15, 0.2) is 85.2 Å². The standard InChI is InChI=1S/C26H16N4O/c31-15-16-5-7-17(8-6-16)18-9-11-19(12-10-18)26-29-24-20-3-1-13-27-22(20)23-21(25(24)30-26)4-2-14-28-23/h1-15H,(H,29,30). The van der Waals surface area contributed by atoms with Gasteiger partial charge in [-0.1, -0.05) is 48.5 Å². The SMILES string of the molecule is O=Cc1ccc(-c2ccc(-c3nc4c5cccnc5c5ncccc5c4[nH]3)cc2)cc1.